The Morgan fingerprint density at radius 2 is 1.07 bits per heavy atom. The fourth-order valence-electron chi connectivity index (χ4n) is 5.92. The first-order valence-electron chi connectivity index (χ1n) is 15.3. The average molecular weight is 594 g/mol. The molecule has 0 aliphatic carbocycles. The molecule has 0 aromatic heterocycles. The SMILES string of the molecule is O=C1CC[C@]2(N1)O[C@H](COCc1ccccc1)[C@@H](OCc1ccccc1)[C@H](OCc1ccccc1)[C@@H]2OCc1ccccc1. The summed E-state index contributed by atoms with van der Waals surface area (Å²) in [6, 6.07) is 40.1. The molecule has 2 aliphatic rings. The molecule has 2 saturated heterocycles. The maximum atomic E-state index is 12.8. The molecule has 6 rings (SSSR count). The Kier molecular flexibility index (Phi) is 10.1. The van der Waals surface area contributed by atoms with E-state index in [9.17, 15) is 4.79 Å². The maximum absolute atomic E-state index is 12.8. The lowest BCUT2D eigenvalue weighted by Gasteiger charge is -2.51. The Bertz CT molecular complexity index is 1440. The molecular weight excluding hydrogens is 554 g/mol. The molecule has 44 heavy (non-hydrogen) atoms. The zero-order chi connectivity index (χ0) is 30.0. The largest absolute Gasteiger partial charge is 0.374 e. The van der Waals surface area contributed by atoms with Crippen molar-refractivity contribution in [3.63, 3.8) is 0 Å². The molecule has 0 saturated carbocycles. The Balaban J connectivity index is 1.31. The number of hydrogen-bond donors (Lipinski definition) is 1. The third-order valence-corrected chi connectivity index (χ3v) is 8.12. The van der Waals surface area contributed by atoms with Crippen LogP contribution in [0.15, 0.2) is 121 Å². The van der Waals surface area contributed by atoms with Crippen LogP contribution in [0.4, 0.5) is 0 Å². The van der Waals surface area contributed by atoms with E-state index >= 15 is 0 Å². The van der Waals surface area contributed by atoms with Crippen molar-refractivity contribution < 1.29 is 28.5 Å². The summed E-state index contributed by atoms with van der Waals surface area (Å²) in [7, 11) is 0. The van der Waals surface area contributed by atoms with Gasteiger partial charge in [0.1, 0.15) is 24.4 Å². The Morgan fingerprint density at radius 3 is 1.55 bits per heavy atom. The first-order valence-corrected chi connectivity index (χ1v) is 15.3. The predicted octanol–water partition coefficient (Wildman–Crippen LogP) is 5.96. The van der Waals surface area contributed by atoms with E-state index in [1.807, 2.05) is 121 Å². The van der Waals surface area contributed by atoms with Gasteiger partial charge in [0, 0.05) is 12.8 Å². The molecule has 0 unspecified atom stereocenters. The van der Waals surface area contributed by atoms with Gasteiger partial charge >= 0.3 is 0 Å². The lowest BCUT2D eigenvalue weighted by Crippen LogP contribution is -2.70. The molecule has 1 amide bonds. The highest BCUT2D eigenvalue weighted by Gasteiger charge is 2.59. The fraction of sp³-hybridized carbons (Fsp3) is 0.324. The third kappa shape index (κ3) is 7.62. The van der Waals surface area contributed by atoms with E-state index in [1.165, 1.54) is 0 Å². The summed E-state index contributed by atoms with van der Waals surface area (Å²) in [6.45, 7) is 1.72. The maximum Gasteiger partial charge on any atom is 0.222 e. The normalized spacial score (nSPS) is 24.8. The van der Waals surface area contributed by atoms with Crippen LogP contribution in [-0.2, 0) is 54.9 Å². The molecule has 2 fully saturated rings. The second kappa shape index (κ2) is 14.8. The van der Waals surface area contributed by atoms with Crippen molar-refractivity contribution in [2.75, 3.05) is 6.61 Å². The first kappa shape index (κ1) is 30.2. The van der Waals surface area contributed by atoms with Crippen molar-refractivity contribution >= 4 is 5.91 Å². The van der Waals surface area contributed by atoms with Gasteiger partial charge in [0.15, 0.2) is 5.72 Å². The van der Waals surface area contributed by atoms with Gasteiger partial charge < -0.3 is 29.0 Å². The number of benzene rings is 4. The number of hydrogen-bond acceptors (Lipinski definition) is 6. The Morgan fingerprint density at radius 1 is 0.614 bits per heavy atom. The summed E-state index contributed by atoms with van der Waals surface area (Å²) < 4.78 is 33.2. The van der Waals surface area contributed by atoms with Gasteiger partial charge in [0.25, 0.3) is 0 Å². The summed E-state index contributed by atoms with van der Waals surface area (Å²) in [4.78, 5) is 12.8. The standard InChI is InChI=1S/C37H39NO6/c39-33-21-22-37(38-33)36(43-26-31-19-11-4-12-20-31)35(42-25-30-17-9-3-10-18-30)34(41-24-29-15-7-2-8-16-29)32(44-37)27-40-23-28-13-5-1-6-14-28/h1-20,32,34-36H,21-27H2,(H,38,39)/t32-,34-,35+,36+,37+/m1/s1. The van der Waals surface area contributed by atoms with Crippen LogP contribution in [0.1, 0.15) is 35.1 Å². The van der Waals surface area contributed by atoms with Crippen LogP contribution in [0.5, 0.6) is 0 Å². The van der Waals surface area contributed by atoms with E-state index < -0.39 is 30.1 Å². The van der Waals surface area contributed by atoms with Crippen LogP contribution in [0.2, 0.25) is 0 Å². The van der Waals surface area contributed by atoms with Gasteiger partial charge in [-0.05, 0) is 22.3 Å². The lowest BCUT2D eigenvalue weighted by molar-refractivity contribution is -0.312. The van der Waals surface area contributed by atoms with Gasteiger partial charge in [-0.1, -0.05) is 121 Å². The van der Waals surface area contributed by atoms with Gasteiger partial charge in [0.2, 0.25) is 5.91 Å². The highest BCUT2D eigenvalue weighted by atomic mass is 16.6. The molecule has 1 N–H and O–H groups in total. The smallest absolute Gasteiger partial charge is 0.222 e. The predicted molar refractivity (Wildman–Crippen MR) is 166 cm³/mol. The van der Waals surface area contributed by atoms with Crippen molar-refractivity contribution in [1.82, 2.24) is 5.32 Å². The second-order valence-electron chi connectivity index (χ2n) is 11.3. The first-order chi connectivity index (χ1) is 21.7. The molecule has 0 radical (unpaired) electrons. The van der Waals surface area contributed by atoms with E-state index in [1.54, 1.807) is 0 Å². The van der Waals surface area contributed by atoms with E-state index in [0.717, 1.165) is 22.3 Å². The monoisotopic (exact) mass is 593 g/mol. The molecular formula is C37H39NO6. The average Bonchev–Trinajstić information content (AvgIpc) is 3.44. The summed E-state index contributed by atoms with van der Waals surface area (Å²) >= 11 is 0. The van der Waals surface area contributed by atoms with Crippen LogP contribution in [0, 0.1) is 0 Å². The minimum absolute atomic E-state index is 0.0762. The number of amides is 1. The Labute approximate surface area is 259 Å². The summed E-state index contributed by atoms with van der Waals surface area (Å²) in [5, 5.41) is 3.14. The fourth-order valence-corrected chi connectivity index (χ4v) is 5.92. The highest BCUT2D eigenvalue weighted by Crippen LogP contribution is 2.40. The summed E-state index contributed by atoms with van der Waals surface area (Å²) in [5.74, 6) is -0.0762. The number of ether oxygens (including phenoxy) is 5. The van der Waals surface area contributed by atoms with Crippen molar-refractivity contribution in [1.29, 1.82) is 0 Å². The topological polar surface area (TPSA) is 75.3 Å². The minimum Gasteiger partial charge on any atom is -0.374 e. The molecule has 0 bridgehead atoms. The molecule has 1 spiro atoms. The van der Waals surface area contributed by atoms with Crippen LogP contribution in [0.3, 0.4) is 0 Å². The molecule has 7 nitrogen and oxygen atoms in total. The van der Waals surface area contributed by atoms with Crippen LogP contribution < -0.4 is 5.32 Å². The summed E-state index contributed by atoms with van der Waals surface area (Å²) in [5.41, 5.74) is 3.07. The molecule has 2 heterocycles. The number of carbonyl (C=O) groups excluding carboxylic acids is 1. The van der Waals surface area contributed by atoms with E-state index in [0.29, 0.717) is 39.3 Å². The minimum atomic E-state index is -1.08. The molecule has 4 aromatic rings. The molecule has 4 aromatic carbocycles. The van der Waals surface area contributed by atoms with E-state index in [4.69, 9.17) is 23.7 Å². The van der Waals surface area contributed by atoms with Crippen LogP contribution in [-0.4, -0.2) is 42.7 Å². The van der Waals surface area contributed by atoms with Crippen molar-refractivity contribution in [3.8, 4) is 0 Å². The Hall–Kier alpha value is -3.85. The molecule has 7 heteroatoms. The molecule has 228 valence electrons. The zero-order valence-electron chi connectivity index (χ0n) is 24.8. The van der Waals surface area contributed by atoms with Crippen molar-refractivity contribution in [3.05, 3.63) is 144 Å². The van der Waals surface area contributed by atoms with Crippen molar-refractivity contribution in [2.45, 2.75) is 69.4 Å². The van der Waals surface area contributed by atoms with Crippen LogP contribution in [0.25, 0.3) is 0 Å². The quantitative estimate of drug-likeness (QED) is 0.206. The van der Waals surface area contributed by atoms with Gasteiger partial charge in [-0.25, -0.2) is 0 Å². The third-order valence-electron chi connectivity index (χ3n) is 8.12. The van der Waals surface area contributed by atoms with Crippen LogP contribution >= 0.6 is 0 Å². The van der Waals surface area contributed by atoms with Gasteiger partial charge in [-0.2, -0.15) is 0 Å². The summed E-state index contributed by atoms with van der Waals surface area (Å²) in [6.07, 6.45) is -1.48. The van der Waals surface area contributed by atoms with Crippen molar-refractivity contribution in [2.24, 2.45) is 0 Å². The zero-order valence-corrected chi connectivity index (χ0v) is 24.8. The van der Waals surface area contributed by atoms with E-state index in [-0.39, 0.29) is 12.5 Å². The lowest BCUT2D eigenvalue weighted by atomic mass is 9.88. The van der Waals surface area contributed by atoms with Gasteiger partial charge in [-0.15, -0.1) is 0 Å². The van der Waals surface area contributed by atoms with Gasteiger partial charge in [-0.3, -0.25) is 4.79 Å². The number of rotatable bonds is 13. The van der Waals surface area contributed by atoms with Gasteiger partial charge in [0.05, 0.1) is 33.0 Å². The second-order valence-corrected chi connectivity index (χ2v) is 11.3. The van der Waals surface area contributed by atoms with E-state index in [2.05, 4.69) is 5.32 Å². The number of nitrogens with one attached hydrogen (secondary N) is 1. The highest BCUT2D eigenvalue weighted by molar-refractivity contribution is 5.79. The molecule has 5 atom stereocenters. The number of carbonyl (C=O) groups is 1. The molecule has 2 aliphatic heterocycles.